The van der Waals surface area contributed by atoms with Crippen LogP contribution in [-0.2, 0) is 6.42 Å². The molecule has 0 radical (unpaired) electrons. The van der Waals surface area contributed by atoms with Gasteiger partial charge in [0.25, 0.3) is 0 Å². The van der Waals surface area contributed by atoms with Crippen molar-refractivity contribution in [2.45, 2.75) is 18.9 Å². The van der Waals surface area contributed by atoms with Crippen molar-refractivity contribution in [2.24, 2.45) is 0 Å². The van der Waals surface area contributed by atoms with E-state index in [1.54, 1.807) is 0 Å². The fourth-order valence-corrected chi connectivity index (χ4v) is 1.56. The molecule has 1 aromatic rings. The van der Waals surface area contributed by atoms with E-state index in [1.807, 2.05) is 18.2 Å². The summed E-state index contributed by atoms with van der Waals surface area (Å²) in [5.74, 6) is 0. The highest BCUT2D eigenvalue weighted by atomic mass is 28.1. The van der Waals surface area contributed by atoms with Gasteiger partial charge in [0.1, 0.15) is 0 Å². The van der Waals surface area contributed by atoms with Crippen molar-refractivity contribution in [1.82, 2.24) is 0 Å². The lowest BCUT2D eigenvalue weighted by molar-refractivity contribution is 0.922. The van der Waals surface area contributed by atoms with Crippen molar-refractivity contribution >= 4 is 21.6 Å². The lowest BCUT2D eigenvalue weighted by atomic mass is 10.1. The van der Waals surface area contributed by atoms with Crippen LogP contribution in [0.2, 0.25) is 6.04 Å². The van der Waals surface area contributed by atoms with E-state index in [9.17, 15) is 0 Å². The summed E-state index contributed by atoms with van der Waals surface area (Å²) >= 11 is 0. The van der Waals surface area contributed by atoms with Crippen LogP contribution >= 0.6 is 0 Å². The lowest BCUT2D eigenvalue weighted by Gasteiger charge is -2.04. The molecule has 2 nitrogen and oxygen atoms in total. The Balaban J connectivity index is 2.72. The highest BCUT2D eigenvalue weighted by Crippen LogP contribution is 2.17. The molecule has 4 N–H and O–H groups in total. The Hall–Kier alpha value is -0.963. The number of hydrogen-bond donors (Lipinski definition) is 2. The minimum atomic E-state index is 0.752. The van der Waals surface area contributed by atoms with E-state index in [4.69, 9.17) is 11.5 Å². The third-order valence-corrected chi connectivity index (χ3v) is 2.68. The van der Waals surface area contributed by atoms with E-state index in [1.165, 1.54) is 28.3 Å². The summed E-state index contributed by atoms with van der Waals surface area (Å²) in [5.41, 5.74) is 14.2. The van der Waals surface area contributed by atoms with Crippen molar-refractivity contribution in [3.8, 4) is 0 Å². The summed E-state index contributed by atoms with van der Waals surface area (Å²) in [5, 5.41) is 0. The molecule has 0 aliphatic heterocycles. The summed E-state index contributed by atoms with van der Waals surface area (Å²) in [6, 6.07) is 7.12. The number of hydrogen-bond acceptors (Lipinski definition) is 2. The van der Waals surface area contributed by atoms with Crippen LogP contribution in [0.5, 0.6) is 0 Å². The second-order valence-electron chi connectivity index (χ2n) is 3.06. The SMILES string of the molecule is Nc1ccc(CCC[SiH3])c(N)c1. The molecule has 0 aromatic heterocycles. The summed E-state index contributed by atoms with van der Waals surface area (Å²) < 4.78 is 0. The second kappa shape index (κ2) is 4.16. The highest BCUT2D eigenvalue weighted by molar-refractivity contribution is 6.08. The monoisotopic (exact) mass is 180 g/mol. The van der Waals surface area contributed by atoms with Gasteiger partial charge in [-0.25, -0.2) is 0 Å². The molecule has 1 aromatic carbocycles. The summed E-state index contributed by atoms with van der Waals surface area (Å²) in [6.45, 7) is 0. The van der Waals surface area contributed by atoms with E-state index >= 15 is 0 Å². The smallest absolute Gasteiger partial charge is 0.0367 e. The Labute approximate surface area is 76.4 Å². The molecule has 0 aliphatic carbocycles. The van der Waals surface area contributed by atoms with Gasteiger partial charge in [0.2, 0.25) is 0 Å². The predicted octanol–water partition coefficient (Wildman–Crippen LogP) is 0.567. The van der Waals surface area contributed by atoms with E-state index in [-0.39, 0.29) is 0 Å². The maximum absolute atomic E-state index is 5.79. The van der Waals surface area contributed by atoms with Crippen LogP contribution in [0.3, 0.4) is 0 Å². The zero-order valence-electron chi connectivity index (χ0n) is 7.51. The van der Waals surface area contributed by atoms with Crippen LogP contribution in [0.15, 0.2) is 18.2 Å². The molecule has 3 heteroatoms. The number of rotatable bonds is 3. The number of benzene rings is 1. The standard InChI is InChI=1S/C9H16N2Si/c10-8-4-3-7(2-1-5-12)9(11)6-8/h3-4,6H,1-2,5,10-11H2,12H3. The molecule has 0 saturated heterocycles. The molecule has 0 spiro atoms. The van der Waals surface area contributed by atoms with Gasteiger partial charge in [-0.3, -0.25) is 0 Å². The minimum Gasteiger partial charge on any atom is -0.399 e. The van der Waals surface area contributed by atoms with Crippen LogP contribution in [0, 0.1) is 0 Å². The maximum Gasteiger partial charge on any atom is 0.0367 e. The molecule has 0 atom stereocenters. The first-order chi connectivity index (χ1) is 5.74. The Bertz CT molecular complexity index is 261. The first-order valence-corrected chi connectivity index (χ1v) is 5.79. The van der Waals surface area contributed by atoms with Crippen LogP contribution in [0.25, 0.3) is 0 Å². The minimum absolute atomic E-state index is 0.752. The predicted molar refractivity (Wildman–Crippen MR) is 58.3 cm³/mol. The zero-order valence-corrected chi connectivity index (χ0v) is 9.51. The highest BCUT2D eigenvalue weighted by Gasteiger charge is 1.97. The molecule has 0 saturated carbocycles. The van der Waals surface area contributed by atoms with Gasteiger partial charge in [-0.15, -0.1) is 0 Å². The van der Waals surface area contributed by atoms with Gasteiger partial charge < -0.3 is 11.5 Å². The fraction of sp³-hybridized carbons (Fsp3) is 0.333. The molecule has 0 unspecified atom stereocenters. The van der Waals surface area contributed by atoms with Crippen LogP contribution in [0.1, 0.15) is 12.0 Å². The first-order valence-electron chi connectivity index (χ1n) is 4.38. The number of anilines is 2. The second-order valence-corrected chi connectivity index (χ2v) is 4.06. The topological polar surface area (TPSA) is 52.0 Å². The Morgan fingerprint density at radius 1 is 1.25 bits per heavy atom. The zero-order chi connectivity index (χ0) is 8.97. The average Bonchev–Trinajstić information content (AvgIpc) is 2.03. The number of aryl methyl sites for hydroxylation is 1. The molecule has 0 bridgehead atoms. The molecular formula is C9H16N2Si. The van der Waals surface area contributed by atoms with E-state index in [0.29, 0.717) is 0 Å². The van der Waals surface area contributed by atoms with E-state index < -0.39 is 0 Å². The van der Waals surface area contributed by atoms with Gasteiger partial charge in [-0.05, 0) is 24.1 Å². The van der Waals surface area contributed by atoms with E-state index in [2.05, 4.69) is 0 Å². The van der Waals surface area contributed by atoms with Crippen molar-refractivity contribution in [3.05, 3.63) is 23.8 Å². The van der Waals surface area contributed by atoms with Crippen molar-refractivity contribution in [3.63, 3.8) is 0 Å². The van der Waals surface area contributed by atoms with Crippen molar-refractivity contribution < 1.29 is 0 Å². The normalized spacial score (nSPS) is 10.3. The van der Waals surface area contributed by atoms with Crippen LogP contribution in [0.4, 0.5) is 11.4 Å². The summed E-state index contributed by atoms with van der Waals surface area (Å²) in [7, 11) is 1.28. The quantitative estimate of drug-likeness (QED) is 0.528. The summed E-state index contributed by atoms with van der Waals surface area (Å²) in [6.07, 6.45) is 2.34. The van der Waals surface area contributed by atoms with E-state index in [0.717, 1.165) is 17.8 Å². The van der Waals surface area contributed by atoms with Gasteiger partial charge in [0, 0.05) is 21.6 Å². The molecular weight excluding hydrogens is 164 g/mol. The molecule has 0 fully saturated rings. The number of nitrogen functional groups attached to an aromatic ring is 2. The van der Waals surface area contributed by atoms with Gasteiger partial charge in [-0.2, -0.15) is 0 Å². The molecule has 66 valence electrons. The Morgan fingerprint density at radius 3 is 2.58 bits per heavy atom. The van der Waals surface area contributed by atoms with Crippen LogP contribution in [-0.4, -0.2) is 10.2 Å². The van der Waals surface area contributed by atoms with Crippen LogP contribution < -0.4 is 11.5 Å². The molecule has 12 heavy (non-hydrogen) atoms. The largest absolute Gasteiger partial charge is 0.399 e. The third-order valence-electron chi connectivity index (χ3n) is 1.97. The lowest BCUT2D eigenvalue weighted by Crippen LogP contribution is -1.96. The fourth-order valence-electron chi connectivity index (χ4n) is 1.21. The maximum atomic E-state index is 5.79. The van der Waals surface area contributed by atoms with Gasteiger partial charge >= 0.3 is 0 Å². The number of nitrogens with two attached hydrogens (primary N) is 2. The molecule has 0 aliphatic rings. The first kappa shape index (κ1) is 9.13. The average molecular weight is 180 g/mol. The van der Waals surface area contributed by atoms with Gasteiger partial charge in [0.05, 0.1) is 0 Å². The van der Waals surface area contributed by atoms with Gasteiger partial charge in [0.15, 0.2) is 0 Å². The molecule has 0 heterocycles. The Morgan fingerprint density at radius 2 is 2.00 bits per heavy atom. The molecule has 0 amide bonds. The molecule has 1 rings (SSSR count). The van der Waals surface area contributed by atoms with Gasteiger partial charge in [-0.1, -0.05) is 18.5 Å². The van der Waals surface area contributed by atoms with Crippen molar-refractivity contribution in [1.29, 1.82) is 0 Å². The third kappa shape index (κ3) is 2.27. The Kier molecular flexibility index (Phi) is 3.16. The van der Waals surface area contributed by atoms with Crippen molar-refractivity contribution in [2.75, 3.05) is 11.5 Å². The summed E-state index contributed by atoms with van der Waals surface area (Å²) in [4.78, 5) is 0.